The number of rotatable bonds is 3. The van der Waals surface area contributed by atoms with Crippen LogP contribution in [0.2, 0.25) is 0 Å². The number of nitrogens with one attached hydrogen (secondary N) is 2. The summed E-state index contributed by atoms with van der Waals surface area (Å²) in [4.78, 5) is 14.2. The van der Waals surface area contributed by atoms with Crippen molar-refractivity contribution in [1.82, 2.24) is 0 Å². The van der Waals surface area contributed by atoms with Gasteiger partial charge in [-0.3, -0.25) is 4.79 Å². The second-order valence-electron chi connectivity index (χ2n) is 5.07. The predicted molar refractivity (Wildman–Crippen MR) is 82.2 cm³/mol. The van der Waals surface area contributed by atoms with Gasteiger partial charge in [0, 0.05) is 25.3 Å². The molecule has 0 fully saturated rings. The second-order valence-corrected chi connectivity index (χ2v) is 5.07. The number of nitrogens with zero attached hydrogens (tertiary/aromatic N) is 1. The zero-order chi connectivity index (χ0) is 14.1. The molecule has 1 aliphatic heterocycles. The van der Waals surface area contributed by atoms with Crippen LogP contribution in [-0.2, 0) is 4.79 Å². The molecule has 1 atom stereocenters. The largest absolute Gasteiger partial charge is 0.376 e. The van der Waals surface area contributed by atoms with Crippen molar-refractivity contribution < 1.29 is 4.79 Å². The van der Waals surface area contributed by atoms with Crippen molar-refractivity contribution in [3.63, 3.8) is 0 Å². The molecular formula is C16H17N3O. The van der Waals surface area contributed by atoms with E-state index in [-0.39, 0.29) is 11.9 Å². The molecule has 0 saturated carbocycles. The molecule has 20 heavy (non-hydrogen) atoms. The highest BCUT2D eigenvalue weighted by Gasteiger charge is 2.30. The number of para-hydroxylation sites is 3. The standard InChI is InChI=1S/C16H17N3O/c1-19(2)14-10-6-5-9-13(14)17-15-11-7-3-4-8-12(11)18-16(15)20/h3-10,15,17H,1-2H3,(H,18,20). The zero-order valence-electron chi connectivity index (χ0n) is 11.6. The van der Waals surface area contributed by atoms with E-state index in [0.717, 1.165) is 22.6 Å². The van der Waals surface area contributed by atoms with Crippen LogP contribution in [0.15, 0.2) is 48.5 Å². The maximum absolute atomic E-state index is 12.1. The minimum atomic E-state index is -0.340. The number of carbonyl (C=O) groups excluding carboxylic acids is 1. The lowest BCUT2D eigenvalue weighted by molar-refractivity contribution is -0.116. The highest BCUT2D eigenvalue weighted by Crippen LogP contribution is 2.35. The Morgan fingerprint density at radius 2 is 1.75 bits per heavy atom. The third kappa shape index (κ3) is 2.09. The Morgan fingerprint density at radius 3 is 2.55 bits per heavy atom. The van der Waals surface area contributed by atoms with Crippen molar-refractivity contribution in [2.45, 2.75) is 6.04 Å². The Labute approximate surface area is 118 Å². The molecule has 1 amide bonds. The Kier molecular flexibility index (Phi) is 3.06. The van der Waals surface area contributed by atoms with E-state index in [1.165, 1.54) is 0 Å². The Bertz CT molecular complexity index is 652. The van der Waals surface area contributed by atoms with Crippen LogP contribution in [0.1, 0.15) is 11.6 Å². The molecule has 1 unspecified atom stereocenters. The topological polar surface area (TPSA) is 44.4 Å². The van der Waals surface area contributed by atoms with Crippen molar-refractivity contribution in [3.05, 3.63) is 54.1 Å². The minimum absolute atomic E-state index is 0.0141. The van der Waals surface area contributed by atoms with Gasteiger partial charge in [0.1, 0.15) is 6.04 Å². The van der Waals surface area contributed by atoms with Gasteiger partial charge in [-0.15, -0.1) is 0 Å². The summed E-state index contributed by atoms with van der Waals surface area (Å²) in [6, 6.07) is 15.4. The molecule has 2 aromatic carbocycles. The fourth-order valence-corrected chi connectivity index (χ4v) is 2.49. The van der Waals surface area contributed by atoms with Crippen LogP contribution in [0.4, 0.5) is 17.1 Å². The summed E-state index contributed by atoms with van der Waals surface area (Å²) in [6.07, 6.45) is 0. The van der Waals surface area contributed by atoms with Gasteiger partial charge < -0.3 is 15.5 Å². The Morgan fingerprint density at radius 1 is 1.05 bits per heavy atom. The number of anilines is 3. The number of fused-ring (bicyclic) bond motifs is 1. The summed E-state index contributed by atoms with van der Waals surface area (Å²) < 4.78 is 0. The first-order chi connectivity index (χ1) is 9.66. The molecule has 0 spiro atoms. The molecular weight excluding hydrogens is 250 g/mol. The number of carbonyl (C=O) groups is 1. The summed E-state index contributed by atoms with van der Waals surface area (Å²) in [6.45, 7) is 0. The minimum Gasteiger partial charge on any atom is -0.376 e. The van der Waals surface area contributed by atoms with E-state index in [2.05, 4.69) is 10.6 Å². The van der Waals surface area contributed by atoms with Crippen LogP contribution in [0.5, 0.6) is 0 Å². The number of hydrogen-bond acceptors (Lipinski definition) is 3. The Hall–Kier alpha value is -2.49. The number of amides is 1. The quantitative estimate of drug-likeness (QED) is 0.898. The van der Waals surface area contributed by atoms with Crippen molar-refractivity contribution in [2.24, 2.45) is 0 Å². The van der Waals surface area contributed by atoms with Gasteiger partial charge in [0.15, 0.2) is 0 Å². The molecule has 0 aliphatic carbocycles. The van der Waals surface area contributed by atoms with Crippen molar-refractivity contribution in [2.75, 3.05) is 29.6 Å². The normalized spacial score (nSPS) is 16.5. The molecule has 0 saturated heterocycles. The summed E-state index contributed by atoms with van der Waals surface area (Å²) >= 11 is 0. The molecule has 4 heteroatoms. The molecule has 0 bridgehead atoms. The van der Waals surface area contributed by atoms with E-state index in [0.29, 0.717) is 0 Å². The zero-order valence-corrected chi connectivity index (χ0v) is 11.6. The molecule has 2 N–H and O–H groups in total. The van der Waals surface area contributed by atoms with E-state index >= 15 is 0 Å². The molecule has 1 heterocycles. The van der Waals surface area contributed by atoms with Crippen molar-refractivity contribution in [3.8, 4) is 0 Å². The first-order valence-corrected chi connectivity index (χ1v) is 6.59. The average molecular weight is 267 g/mol. The van der Waals surface area contributed by atoms with E-state index in [1.54, 1.807) is 0 Å². The molecule has 0 radical (unpaired) electrons. The van der Waals surface area contributed by atoms with Gasteiger partial charge in [0.2, 0.25) is 0 Å². The molecule has 3 rings (SSSR count). The van der Waals surface area contributed by atoms with Gasteiger partial charge in [-0.05, 0) is 18.2 Å². The predicted octanol–water partition coefficient (Wildman–Crippen LogP) is 2.86. The second kappa shape index (κ2) is 4.89. The maximum Gasteiger partial charge on any atom is 0.251 e. The first kappa shape index (κ1) is 12.5. The van der Waals surface area contributed by atoms with Crippen LogP contribution in [0.3, 0.4) is 0 Å². The lowest BCUT2D eigenvalue weighted by Crippen LogP contribution is -2.21. The third-order valence-corrected chi connectivity index (χ3v) is 3.48. The number of benzene rings is 2. The third-order valence-electron chi connectivity index (χ3n) is 3.48. The molecule has 4 nitrogen and oxygen atoms in total. The van der Waals surface area contributed by atoms with Gasteiger partial charge in [-0.25, -0.2) is 0 Å². The summed E-state index contributed by atoms with van der Waals surface area (Å²) in [5.41, 5.74) is 3.89. The van der Waals surface area contributed by atoms with Crippen LogP contribution in [0.25, 0.3) is 0 Å². The molecule has 1 aliphatic rings. The van der Waals surface area contributed by atoms with E-state index in [9.17, 15) is 4.79 Å². The first-order valence-electron chi connectivity index (χ1n) is 6.59. The van der Waals surface area contributed by atoms with Crippen LogP contribution >= 0.6 is 0 Å². The van der Waals surface area contributed by atoms with E-state index in [1.807, 2.05) is 67.5 Å². The highest BCUT2D eigenvalue weighted by molar-refractivity contribution is 6.04. The lowest BCUT2D eigenvalue weighted by Gasteiger charge is -2.20. The molecule has 102 valence electrons. The van der Waals surface area contributed by atoms with Crippen LogP contribution < -0.4 is 15.5 Å². The lowest BCUT2D eigenvalue weighted by atomic mass is 10.1. The molecule has 2 aromatic rings. The summed E-state index contributed by atoms with van der Waals surface area (Å²) in [5, 5.41) is 6.24. The van der Waals surface area contributed by atoms with Crippen LogP contribution in [0, 0.1) is 0 Å². The van der Waals surface area contributed by atoms with Crippen LogP contribution in [-0.4, -0.2) is 20.0 Å². The monoisotopic (exact) mass is 267 g/mol. The fourth-order valence-electron chi connectivity index (χ4n) is 2.49. The van der Waals surface area contributed by atoms with Gasteiger partial charge in [0.05, 0.1) is 11.4 Å². The van der Waals surface area contributed by atoms with Crippen molar-refractivity contribution in [1.29, 1.82) is 0 Å². The summed E-state index contributed by atoms with van der Waals surface area (Å²) in [5.74, 6) is -0.0141. The Balaban J connectivity index is 1.94. The highest BCUT2D eigenvalue weighted by atomic mass is 16.2. The average Bonchev–Trinajstić information content (AvgIpc) is 2.76. The SMILES string of the molecule is CN(C)c1ccccc1NC1C(=O)Nc2ccccc21. The van der Waals surface area contributed by atoms with Gasteiger partial charge in [0.25, 0.3) is 5.91 Å². The fraction of sp³-hybridized carbons (Fsp3) is 0.188. The number of hydrogen-bond donors (Lipinski definition) is 2. The molecule has 0 aromatic heterocycles. The van der Waals surface area contributed by atoms with E-state index < -0.39 is 0 Å². The van der Waals surface area contributed by atoms with Crippen molar-refractivity contribution >= 4 is 23.0 Å². The maximum atomic E-state index is 12.1. The summed E-state index contributed by atoms with van der Waals surface area (Å²) in [7, 11) is 3.98. The smallest absolute Gasteiger partial charge is 0.251 e. The van der Waals surface area contributed by atoms with E-state index in [4.69, 9.17) is 0 Å². The van der Waals surface area contributed by atoms with Gasteiger partial charge in [-0.2, -0.15) is 0 Å². The van der Waals surface area contributed by atoms with Gasteiger partial charge >= 0.3 is 0 Å². The van der Waals surface area contributed by atoms with Gasteiger partial charge in [-0.1, -0.05) is 30.3 Å².